The number of hydrogen-bond acceptors (Lipinski definition) is 7. The molecule has 1 unspecified atom stereocenters. The Labute approximate surface area is 206 Å². The molecule has 1 saturated heterocycles. The van der Waals surface area contributed by atoms with E-state index < -0.39 is 0 Å². The van der Waals surface area contributed by atoms with Crippen molar-refractivity contribution in [2.45, 2.75) is 32.1 Å². The lowest BCUT2D eigenvalue weighted by Crippen LogP contribution is -2.25. The molecular formula is C26H24N4O4S. The zero-order valence-corrected chi connectivity index (χ0v) is 20.1. The van der Waals surface area contributed by atoms with Crippen molar-refractivity contribution in [3.05, 3.63) is 77.1 Å². The molecule has 5 rings (SSSR count). The van der Waals surface area contributed by atoms with Crippen LogP contribution in [0.5, 0.6) is 17.2 Å². The number of carbonyl (C=O) groups excluding carboxylic acids is 2. The Bertz CT molecular complexity index is 1410. The van der Waals surface area contributed by atoms with Crippen LogP contribution in [0.15, 0.2) is 54.6 Å². The van der Waals surface area contributed by atoms with E-state index in [-0.39, 0.29) is 23.0 Å². The van der Waals surface area contributed by atoms with Gasteiger partial charge in [0.25, 0.3) is 5.24 Å². The van der Waals surface area contributed by atoms with E-state index in [0.29, 0.717) is 23.7 Å². The van der Waals surface area contributed by atoms with Gasteiger partial charge in [-0.25, -0.2) is 4.98 Å². The van der Waals surface area contributed by atoms with E-state index in [0.717, 1.165) is 50.9 Å². The molecule has 178 valence electrons. The highest BCUT2D eigenvalue weighted by Crippen LogP contribution is 2.29. The number of nitrogens with two attached hydrogens (primary N) is 1. The van der Waals surface area contributed by atoms with Crippen LogP contribution in [-0.4, -0.2) is 26.4 Å². The molecule has 1 atom stereocenters. The minimum atomic E-state index is -0.383. The van der Waals surface area contributed by atoms with Crippen molar-refractivity contribution < 1.29 is 19.1 Å². The highest BCUT2D eigenvalue weighted by atomic mass is 32.2. The van der Waals surface area contributed by atoms with E-state index in [9.17, 15) is 9.59 Å². The number of H-pyrrole nitrogens is 1. The number of rotatable bonds is 7. The third-order valence-corrected chi connectivity index (χ3v) is 6.77. The number of nitrogen functional groups attached to an aromatic ring is 1. The first-order chi connectivity index (χ1) is 16.8. The number of nitrogens with one attached hydrogen (secondary N) is 2. The fourth-order valence-electron chi connectivity index (χ4n) is 3.92. The number of carbonyl (C=O) groups is 2. The van der Waals surface area contributed by atoms with Crippen molar-refractivity contribution in [1.82, 2.24) is 15.3 Å². The van der Waals surface area contributed by atoms with Gasteiger partial charge in [0.1, 0.15) is 29.7 Å². The molecule has 2 heterocycles. The topological polar surface area (TPSA) is 119 Å². The molecule has 4 aromatic rings. The SMILES string of the molecule is Cc1cc(Oc2ccc3nc(COc4ccc(CC5SC(=O)NC5=O)cc4)[nH]c3c2)cc(C)c1N. The summed E-state index contributed by atoms with van der Waals surface area (Å²) in [6.45, 7) is 4.20. The van der Waals surface area contributed by atoms with E-state index in [1.165, 1.54) is 0 Å². The van der Waals surface area contributed by atoms with Gasteiger partial charge in [0.05, 0.1) is 16.3 Å². The number of hydrogen-bond donors (Lipinski definition) is 3. The van der Waals surface area contributed by atoms with Gasteiger partial charge >= 0.3 is 0 Å². The van der Waals surface area contributed by atoms with Crippen LogP contribution in [0, 0.1) is 13.8 Å². The molecule has 8 nitrogen and oxygen atoms in total. The summed E-state index contributed by atoms with van der Waals surface area (Å²) in [5.74, 6) is 2.57. The number of aryl methyl sites for hydroxylation is 2. The van der Waals surface area contributed by atoms with Crippen LogP contribution in [0.2, 0.25) is 0 Å². The Morgan fingerprint density at radius 1 is 0.971 bits per heavy atom. The molecular weight excluding hydrogens is 464 g/mol. The van der Waals surface area contributed by atoms with Crippen molar-refractivity contribution in [3.63, 3.8) is 0 Å². The number of anilines is 1. The lowest BCUT2D eigenvalue weighted by Gasteiger charge is -2.10. The van der Waals surface area contributed by atoms with Gasteiger partial charge in [0.2, 0.25) is 5.91 Å². The summed E-state index contributed by atoms with van der Waals surface area (Å²) in [5, 5.41) is 1.63. The van der Waals surface area contributed by atoms with Crippen molar-refractivity contribution >= 4 is 39.6 Å². The number of benzene rings is 3. The smallest absolute Gasteiger partial charge is 0.286 e. The standard InChI is InChI=1S/C26H24N4O4S/c1-14-9-19(10-15(2)24(14)27)34-18-7-8-20-21(12-18)29-23(28-20)13-33-17-5-3-16(4-6-17)11-22-25(31)30-26(32)35-22/h3-10,12,22H,11,13,27H2,1-2H3,(H,28,29)(H,30,31,32). The quantitative estimate of drug-likeness (QED) is 0.312. The number of imide groups is 1. The van der Waals surface area contributed by atoms with Gasteiger partial charge in [-0.05, 0) is 73.4 Å². The van der Waals surface area contributed by atoms with Gasteiger partial charge in [-0.15, -0.1) is 0 Å². The largest absolute Gasteiger partial charge is 0.486 e. The molecule has 1 aliphatic rings. The van der Waals surface area contributed by atoms with E-state index in [1.807, 2.05) is 68.4 Å². The Kier molecular flexibility index (Phi) is 6.08. The molecule has 0 spiro atoms. The van der Waals surface area contributed by atoms with Gasteiger partial charge in [0, 0.05) is 11.8 Å². The number of amides is 2. The summed E-state index contributed by atoms with van der Waals surface area (Å²) in [6, 6.07) is 17.0. The Morgan fingerprint density at radius 3 is 2.37 bits per heavy atom. The second-order valence-corrected chi connectivity index (χ2v) is 9.63. The second-order valence-electron chi connectivity index (χ2n) is 8.46. The first-order valence-electron chi connectivity index (χ1n) is 11.1. The highest BCUT2D eigenvalue weighted by Gasteiger charge is 2.31. The van der Waals surface area contributed by atoms with Gasteiger partial charge in [-0.1, -0.05) is 23.9 Å². The average molecular weight is 489 g/mol. The fourth-order valence-corrected chi connectivity index (χ4v) is 4.78. The summed E-state index contributed by atoms with van der Waals surface area (Å²) in [4.78, 5) is 30.9. The van der Waals surface area contributed by atoms with E-state index in [4.69, 9.17) is 15.2 Å². The van der Waals surface area contributed by atoms with Gasteiger partial charge in [0.15, 0.2) is 0 Å². The molecule has 0 saturated carbocycles. The minimum absolute atomic E-state index is 0.238. The van der Waals surface area contributed by atoms with E-state index in [2.05, 4.69) is 15.3 Å². The van der Waals surface area contributed by atoms with Gasteiger partial charge in [-0.2, -0.15) is 0 Å². The molecule has 1 aliphatic heterocycles. The lowest BCUT2D eigenvalue weighted by atomic mass is 10.1. The molecule has 2 amide bonds. The van der Waals surface area contributed by atoms with E-state index in [1.54, 1.807) is 0 Å². The van der Waals surface area contributed by atoms with E-state index >= 15 is 0 Å². The third kappa shape index (κ3) is 5.09. The predicted molar refractivity (Wildman–Crippen MR) is 136 cm³/mol. The molecule has 0 bridgehead atoms. The minimum Gasteiger partial charge on any atom is -0.486 e. The lowest BCUT2D eigenvalue weighted by molar-refractivity contribution is -0.118. The fraction of sp³-hybridized carbons (Fsp3) is 0.192. The van der Waals surface area contributed by atoms with Crippen molar-refractivity contribution in [1.29, 1.82) is 0 Å². The van der Waals surface area contributed by atoms with Gasteiger partial charge in [-0.3, -0.25) is 14.9 Å². The van der Waals surface area contributed by atoms with Crippen LogP contribution in [-0.2, 0) is 17.8 Å². The summed E-state index contributed by atoms with van der Waals surface area (Å²) in [6.07, 6.45) is 0.492. The molecule has 3 aromatic carbocycles. The zero-order valence-electron chi connectivity index (χ0n) is 19.3. The first kappa shape index (κ1) is 22.8. The summed E-state index contributed by atoms with van der Waals surface area (Å²) in [7, 11) is 0. The van der Waals surface area contributed by atoms with Crippen LogP contribution >= 0.6 is 11.8 Å². The Balaban J connectivity index is 1.21. The maximum Gasteiger partial charge on any atom is 0.286 e. The first-order valence-corrected chi connectivity index (χ1v) is 12.0. The van der Waals surface area contributed by atoms with Crippen LogP contribution in [0.25, 0.3) is 11.0 Å². The third-order valence-electron chi connectivity index (χ3n) is 5.79. The molecule has 0 radical (unpaired) electrons. The van der Waals surface area contributed by atoms with Gasteiger partial charge < -0.3 is 20.2 Å². The van der Waals surface area contributed by atoms with Crippen molar-refractivity contribution in [3.8, 4) is 17.2 Å². The molecule has 4 N–H and O–H groups in total. The van der Waals surface area contributed by atoms with Crippen molar-refractivity contribution in [2.24, 2.45) is 0 Å². The van der Waals surface area contributed by atoms with Crippen LogP contribution in [0.3, 0.4) is 0 Å². The number of aromatic nitrogens is 2. The highest BCUT2D eigenvalue weighted by molar-refractivity contribution is 8.15. The zero-order chi connectivity index (χ0) is 24.5. The molecule has 1 aromatic heterocycles. The number of thioether (sulfide) groups is 1. The number of imidazole rings is 1. The molecule has 35 heavy (non-hydrogen) atoms. The van der Waals surface area contributed by atoms with Crippen LogP contribution in [0.4, 0.5) is 10.5 Å². The molecule has 0 aliphatic carbocycles. The normalized spacial score (nSPS) is 15.4. The predicted octanol–water partition coefficient (Wildman–Crippen LogP) is 5.03. The number of ether oxygens (including phenoxy) is 2. The summed E-state index contributed by atoms with van der Waals surface area (Å²) in [5.41, 5.74) is 11.4. The number of nitrogens with zero attached hydrogens (tertiary/aromatic N) is 1. The summed E-state index contributed by atoms with van der Waals surface area (Å²) < 4.78 is 11.9. The van der Waals surface area contributed by atoms with Crippen LogP contribution < -0.4 is 20.5 Å². The molecule has 1 fully saturated rings. The number of fused-ring (bicyclic) bond motifs is 1. The Morgan fingerprint density at radius 2 is 1.69 bits per heavy atom. The van der Waals surface area contributed by atoms with Crippen LogP contribution in [0.1, 0.15) is 22.5 Å². The summed E-state index contributed by atoms with van der Waals surface area (Å²) >= 11 is 1.03. The average Bonchev–Trinajstić information content (AvgIpc) is 3.38. The maximum absolute atomic E-state index is 11.7. The van der Waals surface area contributed by atoms with Crippen molar-refractivity contribution in [2.75, 3.05) is 5.73 Å². The monoisotopic (exact) mass is 488 g/mol. The molecule has 9 heteroatoms. The maximum atomic E-state index is 11.7. The Hall–Kier alpha value is -3.98. The number of aromatic amines is 1. The second kappa shape index (κ2) is 9.34.